The van der Waals surface area contributed by atoms with Crippen LogP contribution < -0.4 is 4.74 Å². The highest BCUT2D eigenvalue weighted by Gasteiger charge is 2.20. The minimum atomic E-state index is 0.311. The van der Waals surface area contributed by atoms with E-state index in [-0.39, 0.29) is 0 Å². The minimum absolute atomic E-state index is 0.311. The van der Waals surface area contributed by atoms with E-state index in [0.29, 0.717) is 42.4 Å². The zero-order valence-corrected chi connectivity index (χ0v) is 21.0. The molecule has 2 aromatic carbocycles. The lowest BCUT2D eigenvalue weighted by atomic mass is 10.1. The highest BCUT2D eigenvalue weighted by Crippen LogP contribution is 2.26. The lowest BCUT2D eigenvalue weighted by molar-refractivity contribution is 0.271. The second-order valence-electron chi connectivity index (χ2n) is 9.22. The van der Waals surface area contributed by atoms with Gasteiger partial charge in [0.1, 0.15) is 17.2 Å². The van der Waals surface area contributed by atoms with Crippen LogP contribution in [0.25, 0.3) is 34.4 Å². The molecule has 5 rings (SSSR count). The molecule has 0 unspecified atom stereocenters. The first-order valence-electron chi connectivity index (χ1n) is 11.9. The van der Waals surface area contributed by atoms with Gasteiger partial charge in [-0.15, -0.1) is 5.10 Å². The zero-order chi connectivity index (χ0) is 25.2. The molecule has 184 valence electrons. The lowest BCUT2D eigenvalue weighted by Crippen LogP contribution is -2.05. The van der Waals surface area contributed by atoms with Gasteiger partial charge in [0.05, 0.1) is 18.8 Å². The first-order valence-corrected chi connectivity index (χ1v) is 11.9. The van der Waals surface area contributed by atoms with Gasteiger partial charge in [-0.05, 0) is 63.1 Å². The first kappa shape index (κ1) is 23.5. The number of benzene rings is 2. The van der Waals surface area contributed by atoms with Crippen molar-refractivity contribution in [3.05, 3.63) is 71.2 Å². The van der Waals surface area contributed by atoms with Crippen LogP contribution in [0.1, 0.15) is 36.6 Å². The van der Waals surface area contributed by atoms with E-state index in [0.717, 1.165) is 34.0 Å². The largest absolute Gasteiger partial charge is 0.493 e. The van der Waals surface area contributed by atoms with Crippen LogP contribution in [0.5, 0.6) is 5.75 Å². The molecule has 9 heteroatoms. The highest BCUT2D eigenvalue weighted by atomic mass is 16.5. The van der Waals surface area contributed by atoms with Gasteiger partial charge in [-0.1, -0.05) is 41.9 Å². The standard InChI is InChI=1S/C27H28N6O3/c1-16(2)15-34-22-12-10-20(11-13-22)25-29-27(36-31-25)24-18(4)33(32-30-24)14-23-19(5)35-26(28-23)21-8-6-17(3)7-9-21/h6-13,16H,14-15H2,1-5H3. The van der Waals surface area contributed by atoms with Crippen molar-refractivity contribution in [3.8, 4) is 40.2 Å². The molecule has 3 heterocycles. The Morgan fingerprint density at radius 1 is 0.889 bits per heavy atom. The molecule has 5 aromatic rings. The fraction of sp³-hybridized carbons (Fsp3) is 0.296. The van der Waals surface area contributed by atoms with Crippen LogP contribution in [-0.2, 0) is 6.54 Å². The summed E-state index contributed by atoms with van der Waals surface area (Å²) in [7, 11) is 0. The summed E-state index contributed by atoms with van der Waals surface area (Å²) in [5, 5.41) is 12.7. The molecule has 0 atom stereocenters. The predicted molar refractivity (Wildman–Crippen MR) is 134 cm³/mol. The van der Waals surface area contributed by atoms with Crippen molar-refractivity contribution in [2.75, 3.05) is 6.61 Å². The van der Waals surface area contributed by atoms with Crippen molar-refractivity contribution in [2.24, 2.45) is 5.92 Å². The second-order valence-corrected chi connectivity index (χ2v) is 9.22. The Balaban J connectivity index is 1.32. The topological polar surface area (TPSA) is 105 Å². The van der Waals surface area contributed by atoms with Gasteiger partial charge in [-0.3, -0.25) is 0 Å². The smallest absolute Gasteiger partial charge is 0.280 e. The van der Waals surface area contributed by atoms with Crippen LogP contribution in [0, 0.1) is 26.7 Å². The molecule has 0 saturated heterocycles. The fourth-order valence-corrected chi connectivity index (χ4v) is 3.64. The maximum absolute atomic E-state index is 5.91. The molecule has 0 amide bonds. The summed E-state index contributed by atoms with van der Waals surface area (Å²) in [6.45, 7) is 11.2. The van der Waals surface area contributed by atoms with E-state index in [1.165, 1.54) is 5.56 Å². The third-order valence-electron chi connectivity index (χ3n) is 5.80. The number of aryl methyl sites for hydroxylation is 2. The monoisotopic (exact) mass is 484 g/mol. The van der Waals surface area contributed by atoms with Gasteiger partial charge >= 0.3 is 0 Å². The van der Waals surface area contributed by atoms with Gasteiger partial charge in [-0.2, -0.15) is 4.98 Å². The number of hydrogen-bond acceptors (Lipinski definition) is 8. The van der Waals surface area contributed by atoms with Gasteiger partial charge in [0, 0.05) is 11.1 Å². The summed E-state index contributed by atoms with van der Waals surface area (Å²) < 4.78 is 18.9. The number of aromatic nitrogens is 6. The fourth-order valence-electron chi connectivity index (χ4n) is 3.64. The molecule has 0 spiro atoms. The van der Waals surface area contributed by atoms with Crippen molar-refractivity contribution >= 4 is 0 Å². The van der Waals surface area contributed by atoms with Crippen molar-refractivity contribution < 1.29 is 13.7 Å². The van der Waals surface area contributed by atoms with E-state index in [1.54, 1.807) is 4.68 Å². The van der Waals surface area contributed by atoms with E-state index in [4.69, 9.17) is 13.7 Å². The maximum Gasteiger partial charge on any atom is 0.280 e. The van der Waals surface area contributed by atoms with Crippen molar-refractivity contribution in [1.29, 1.82) is 0 Å². The van der Waals surface area contributed by atoms with Crippen LogP contribution in [0.15, 0.2) is 57.5 Å². The van der Waals surface area contributed by atoms with Gasteiger partial charge in [0.25, 0.3) is 5.89 Å². The minimum Gasteiger partial charge on any atom is -0.493 e. The highest BCUT2D eigenvalue weighted by molar-refractivity contribution is 5.59. The average Bonchev–Trinajstić information content (AvgIpc) is 3.58. The molecule has 3 aromatic heterocycles. The molecule has 0 N–H and O–H groups in total. The Morgan fingerprint density at radius 2 is 1.61 bits per heavy atom. The van der Waals surface area contributed by atoms with Gasteiger partial charge in [0.15, 0.2) is 5.69 Å². The number of rotatable bonds is 8. The molecule has 36 heavy (non-hydrogen) atoms. The molecule has 0 aliphatic rings. The Kier molecular flexibility index (Phi) is 6.37. The molecular formula is C27H28N6O3. The molecule has 0 saturated carbocycles. The Morgan fingerprint density at radius 3 is 2.33 bits per heavy atom. The summed E-state index contributed by atoms with van der Waals surface area (Å²) in [5.74, 6) is 3.38. The normalized spacial score (nSPS) is 11.4. The molecule has 0 bridgehead atoms. The van der Waals surface area contributed by atoms with E-state index in [1.807, 2.05) is 69.3 Å². The maximum atomic E-state index is 5.91. The molecule has 0 radical (unpaired) electrons. The summed E-state index contributed by atoms with van der Waals surface area (Å²) >= 11 is 0. The van der Waals surface area contributed by atoms with Crippen molar-refractivity contribution in [3.63, 3.8) is 0 Å². The Bertz CT molecular complexity index is 1460. The summed E-state index contributed by atoms with van der Waals surface area (Å²) in [4.78, 5) is 9.22. The molecule has 0 fully saturated rings. The van der Waals surface area contributed by atoms with E-state index < -0.39 is 0 Å². The van der Waals surface area contributed by atoms with E-state index in [9.17, 15) is 0 Å². The Labute approximate surface area is 209 Å². The molecule has 0 aliphatic heterocycles. The SMILES string of the molecule is Cc1ccc(-c2nc(Cn3nnc(-c4nc(-c5ccc(OCC(C)C)cc5)no4)c3C)c(C)o2)cc1. The van der Waals surface area contributed by atoms with Gasteiger partial charge in [-0.25, -0.2) is 9.67 Å². The van der Waals surface area contributed by atoms with E-state index in [2.05, 4.69) is 39.3 Å². The van der Waals surface area contributed by atoms with Crippen LogP contribution in [-0.4, -0.2) is 36.7 Å². The molecular weight excluding hydrogens is 456 g/mol. The number of oxazole rings is 1. The first-order chi connectivity index (χ1) is 17.4. The lowest BCUT2D eigenvalue weighted by Gasteiger charge is -2.08. The Hall–Kier alpha value is -4.27. The van der Waals surface area contributed by atoms with Crippen molar-refractivity contribution in [1.82, 2.24) is 30.1 Å². The van der Waals surface area contributed by atoms with Crippen LogP contribution >= 0.6 is 0 Å². The predicted octanol–water partition coefficient (Wildman–Crippen LogP) is 5.66. The van der Waals surface area contributed by atoms with Crippen molar-refractivity contribution in [2.45, 2.75) is 41.2 Å². The summed E-state index contributed by atoms with van der Waals surface area (Å²) in [6.07, 6.45) is 0. The third-order valence-corrected chi connectivity index (χ3v) is 5.80. The van der Waals surface area contributed by atoms with Gasteiger partial charge in [0.2, 0.25) is 11.7 Å². The van der Waals surface area contributed by atoms with Crippen LogP contribution in [0.2, 0.25) is 0 Å². The number of hydrogen-bond donors (Lipinski definition) is 0. The van der Waals surface area contributed by atoms with Gasteiger partial charge < -0.3 is 13.7 Å². The molecule has 9 nitrogen and oxygen atoms in total. The summed E-state index contributed by atoms with van der Waals surface area (Å²) in [6, 6.07) is 15.7. The summed E-state index contributed by atoms with van der Waals surface area (Å²) in [5.41, 5.74) is 5.06. The molecule has 0 aliphatic carbocycles. The zero-order valence-electron chi connectivity index (χ0n) is 21.0. The second kappa shape index (κ2) is 9.77. The quantitative estimate of drug-likeness (QED) is 0.278. The number of nitrogens with zero attached hydrogens (tertiary/aromatic N) is 6. The van der Waals surface area contributed by atoms with Crippen LogP contribution in [0.4, 0.5) is 0 Å². The average molecular weight is 485 g/mol. The van der Waals surface area contributed by atoms with Crippen LogP contribution in [0.3, 0.4) is 0 Å². The third kappa shape index (κ3) is 4.91. The number of ether oxygens (including phenoxy) is 1. The van der Waals surface area contributed by atoms with E-state index >= 15 is 0 Å².